The maximum atomic E-state index is 11.0. The molecule has 0 aliphatic carbocycles. The van der Waals surface area contributed by atoms with Crippen molar-refractivity contribution in [3.8, 4) is 39.5 Å². The molecule has 48 heavy (non-hydrogen) atoms. The Hall–Kier alpha value is -5.91. The fourth-order valence-corrected chi connectivity index (χ4v) is 5.90. The molecule has 0 bridgehead atoms. The van der Waals surface area contributed by atoms with Crippen LogP contribution in [-0.4, -0.2) is 21.6 Å². The highest BCUT2D eigenvalue weighted by Crippen LogP contribution is 2.30. The monoisotopic (exact) mass is 690 g/mol. The van der Waals surface area contributed by atoms with E-state index in [0.29, 0.717) is 23.3 Å². The van der Waals surface area contributed by atoms with E-state index in [-0.39, 0.29) is 5.75 Å². The summed E-state index contributed by atoms with van der Waals surface area (Å²) in [6.45, 7) is 0. The third-order valence-corrected chi connectivity index (χ3v) is 8.47. The van der Waals surface area contributed by atoms with Gasteiger partial charge >= 0.3 is 0 Å². The Morgan fingerprint density at radius 1 is 0.417 bits per heavy atom. The van der Waals surface area contributed by atoms with Crippen molar-refractivity contribution in [1.82, 2.24) is 0 Å². The molecule has 0 unspecified atom stereocenters. The molecule has 0 spiro atoms. The molecule has 0 fully saturated rings. The fraction of sp³-hybridized carbons (Fsp3) is 0. The molecule has 3 N–H and O–H groups in total. The van der Waals surface area contributed by atoms with Gasteiger partial charge < -0.3 is 15.3 Å². The van der Waals surface area contributed by atoms with Crippen LogP contribution in [0.4, 0.5) is 0 Å². The molecule has 0 amide bonds. The molecular formula is C43H31BrO4. The van der Waals surface area contributed by atoms with Crippen LogP contribution in [0.15, 0.2) is 168 Å². The van der Waals surface area contributed by atoms with Crippen LogP contribution >= 0.6 is 15.9 Å². The van der Waals surface area contributed by atoms with Crippen LogP contribution in [0.5, 0.6) is 17.2 Å². The van der Waals surface area contributed by atoms with Crippen molar-refractivity contribution in [1.29, 1.82) is 0 Å². The van der Waals surface area contributed by atoms with Gasteiger partial charge in [0.25, 0.3) is 0 Å². The molecule has 0 radical (unpaired) electrons. The number of aromatic hydroxyl groups is 3. The molecule has 8 aromatic rings. The van der Waals surface area contributed by atoms with Gasteiger partial charge in [-0.1, -0.05) is 125 Å². The summed E-state index contributed by atoms with van der Waals surface area (Å²) in [5.41, 5.74) is 4.98. The van der Waals surface area contributed by atoms with Crippen molar-refractivity contribution >= 4 is 54.5 Å². The van der Waals surface area contributed by atoms with Gasteiger partial charge in [0.1, 0.15) is 17.2 Å². The number of carbonyl (C=O) groups excluding carboxylic acids is 1. The largest absolute Gasteiger partial charge is 0.508 e. The zero-order valence-electron chi connectivity index (χ0n) is 25.8. The minimum Gasteiger partial charge on any atom is -0.508 e. The predicted molar refractivity (Wildman–Crippen MR) is 201 cm³/mol. The Morgan fingerprint density at radius 2 is 0.875 bits per heavy atom. The van der Waals surface area contributed by atoms with Crippen molar-refractivity contribution in [2.24, 2.45) is 0 Å². The SMILES string of the molecule is O=Cc1c(O)ccc2cc(-c3ccccc3)ccc12.Oc1ccc2cc(-c3ccccc3)ccc2c1.Oc1ccc2cc(Br)ccc2c1. The van der Waals surface area contributed by atoms with Gasteiger partial charge in [0.2, 0.25) is 0 Å². The van der Waals surface area contributed by atoms with Gasteiger partial charge in [-0.25, -0.2) is 0 Å². The summed E-state index contributed by atoms with van der Waals surface area (Å²) in [5, 5.41) is 34.4. The molecule has 0 saturated carbocycles. The van der Waals surface area contributed by atoms with E-state index in [2.05, 4.69) is 40.2 Å². The van der Waals surface area contributed by atoms with Gasteiger partial charge in [-0.2, -0.15) is 0 Å². The molecule has 8 rings (SSSR count). The van der Waals surface area contributed by atoms with E-state index in [0.717, 1.165) is 47.9 Å². The Balaban J connectivity index is 0.000000129. The number of hydrogen-bond acceptors (Lipinski definition) is 4. The van der Waals surface area contributed by atoms with E-state index in [9.17, 15) is 20.1 Å². The summed E-state index contributed by atoms with van der Waals surface area (Å²) in [6, 6.07) is 52.6. The van der Waals surface area contributed by atoms with Crippen LogP contribution in [0.3, 0.4) is 0 Å². The second kappa shape index (κ2) is 14.7. The van der Waals surface area contributed by atoms with Crippen molar-refractivity contribution in [3.63, 3.8) is 0 Å². The lowest BCUT2D eigenvalue weighted by Gasteiger charge is -2.07. The van der Waals surface area contributed by atoms with E-state index in [1.165, 1.54) is 11.1 Å². The highest BCUT2D eigenvalue weighted by atomic mass is 79.9. The van der Waals surface area contributed by atoms with Crippen molar-refractivity contribution < 1.29 is 20.1 Å². The third-order valence-electron chi connectivity index (χ3n) is 7.98. The first-order valence-corrected chi connectivity index (χ1v) is 16.1. The number of aldehydes is 1. The highest BCUT2D eigenvalue weighted by molar-refractivity contribution is 9.10. The Morgan fingerprint density at radius 3 is 1.46 bits per heavy atom. The topological polar surface area (TPSA) is 77.8 Å². The van der Waals surface area contributed by atoms with E-state index < -0.39 is 0 Å². The predicted octanol–water partition coefficient (Wildman–Crippen LogP) is 11.5. The zero-order chi connectivity index (χ0) is 33.5. The normalized spacial score (nSPS) is 10.5. The number of rotatable bonds is 3. The van der Waals surface area contributed by atoms with Gasteiger partial charge in [0.05, 0.1) is 5.56 Å². The van der Waals surface area contributed by atoms with E-state index in [4.69, 9.17) is 0 Å². The summed E-state index contributed by atoms with van der Waals surface area (Å²) in [4.78, 5) is 11.0. The van der Waals surface area contributed by atoms with Gasteiger partial charge in [0.15, 0.2) is 6.29 Å². The maximum absolute atomic E-state index is 11.0. The average molecular weight is 692 g/mol. The number of fused-ring (bicyclic) bond motifs is 3. The molecule has 0 heterocycles. The van der Waals surface area contributed by atoms with Gasteiger partial charge in [-0.15, -0.1) is 0 Å². The Labute approximate surface area is 286 Å². The zero-order valence-corrected chi connectivity index (χ0v) is 27.4. The van der Waals surface area contributed by atoms with Crippen LogP contribution in [0.25, 0.3) is 54.6 Å². The Bertz CT molecular complexity index is 2310. The summed E-state index contributed by atoms with van der Waals surface area (Å²) in [7, 11) is 0. The summed E-state index contributed by atoms with van der Waals surface area (Å²) in [6.07, 6.45) is 0.694. The minimum absolute atomic E-state index is 0.0231. The summed E-state index contributed by atoms with van der Waals surface area (Å²) in [5.74, 6) is 0.643. The van der Waals surface area contributed by atoms with E-state index in [1.807, 2.05) is 109 Å². The average Bonchev–Trinajstić information content (AvgIpc) is 3.12. The number of halogens is 1. The number of carbonyl (C=O) groups is 1. The molecule has 0 atom stereocenters. The lowest BCUT2D eigenvalue weighted by atomic mass is 9.98. The molecule has 0 aromatic heterocycles. The molecule has 0 aliphatic heterocycles. The molecule has 0 aliphatic rings. The third kappa shape index (κ3) is 7.55. The van der Waals surface area contributed by atoms with Gasteiger partial charge in [-0.05, 0) is 109 Å². The quantitative estimate of drug-likeness (QED) is 0.161. The van der Waals surface area contributed by atoms with Crippen molar-refractivity contribution in [3.05, 3.63) is 174 Å². The van der Waals surface area contributed by atoms with Crippen LogP contribution < -0.4 is 0 Å². The second-order valence-corrected chi connectivity index (χ2v) is 12.1. The lowest BCUT2D eigenvalue weighted by Crippen LogP contribution is -1.86. The van der Waals surface area contributed by atoms with E-state index >= 15 is 0 Å². The number of hydrogen-bond donors (Lipinski definition) is 3. The first kappa shape index (κ1) is 32.0. The number of phenolic OH excluding ortho intramolecular Hbond substituents is 3. The first-order chi connectivity index (χ1) is 23.4. The first-order valence-electron chi connectivity index (χ1n) is 15.3. The van der Waals surface area contributed by atoms with Crippen LogP contribution in [0.1, 0.15) is 10.4 Å². The molecule has 0 saturated heterocycles. The van der Waals surface area contributed by atoms with Crippen molar-refractivity contribution in [2.45, 2.75) is 0 Å². The van der Waals surface area contributed by atoms with Crippen LogP contribution in [0, 0.1) is 0 Å². The summed E-state index contributed by atoms with van der Waals surface area (Å²) >= 11 is 3.39. The summed E-state index contributed by atoms with van der Waals surface area (Å²) < 4.78 is 1.06. The highest BCUT2D eigenvalue weighted by Gasteiger charge is 2.07. The van der Waals surface area contributed by atoms with E-state index in [1.54, 1.807) is 30.3 Å². The fourth-order valence-electron chi connectivity index (χ4n) is 5.52. The molecule has 8 aromatic carbocycles. The smallest absolute Gasteiger partial charge is 0.154 e. The molecule has 5 heteroatoms. The molecule has 234 valence electrons. The molecular weight excluding hydrogens is 660 g/mol. The number of benzene rings is 8. The number of phenols is 3. The second-order valence-electron chi connectivity index (χ2n) is 11.2. The lowest BCUT2D eigenvalue weighted by molar-refractivity contribution is 0.112. The molecule has 4 nitrogen and oxygen atoms in total. The Kier molecular flexibility index (Phi) is 9.80. The standard InChI is InChI=1S/C17H12O2.C16H12O.C10H7BrO/c18-11-16-15-8-6-13(12-4-2-1-3-5-12)10-14(15)7-9-17(16)19;17-16-9-8-14-10-13(6-7-15(14)11-16)12-4-2-1-3-5-12;11-9-3-1-8-6-10(12)4-2-7(8)5-9/h1-11,19H;1-11,17H;1-6,12H. The van der Waals surface area contributed by atoms with Crippen molar-refractivity contribution in [2.75, 3.05) is 0 Å². The minimum atomic E-state index is 0.0231. The van der Waals surface area contributed by atoms with Crippen LogP contribution in [0.2, 0.25) is 0 Å². The maximum Gasteiger partial charge on any atom is 0.154 e. The van der Waals surface area contributed by atoms with Gasteiger partial charge in [0, 0.05) is 4.47 Å². The van der Waals surface area contributed by atoms with Crippen LogP contribution in [-0.2, 0) is 0 Å². The van der Waals surface area contributed by atoms with Gasteiger partial charge in [-0.3, -0.25) is 4.79 Å².